The molecule has 1 saturated carbocycles. The number of unbranched alkanes of at least 4 members (excludes halogenated alkanes) is 2. The summed E-state index contributed by atoms with van der Waals surface area (Å²) in [5, 5.41) is 8.91. The van der Waals surface area contributed by atoms with E-state index in [1.165, 1.54) is 63.4 Å². The van der Waals surface area contributed by atoms with Gasteiger partial charge in [0, 0.05) is 6.61 Å². The minimum absolute atomic E-state index is 0.697. The van der Waals surface area contributed by atoms with Crippen molar-refractivity contribution in [3.8, 4) is 6.07 Å². The zero-order valence-corrected chi connectivity index (χ0v) is 16.5. The zero-order valence-electron chi connectivity index (χ0n) is 16.5. The molecule has 0 unspecified atom stereocenters. The second kappa shape index (κ2) is 12.7. The second-order valence-electron chi connectivity index (χ2n) is 7.61. The number of ether oxygens (including phenoxy) is 1. The first-order valence-corrected chi connectivity index (χ1v) is 10.6. The summed E-state index contributed by atoms with van der Waals surface area (Å²) in [4.78, 5) is 0. The Bertz CT molecular complexity index is 547. The van der Waals surface area contributed by atoms with Crippen LogP contribution in [0.3, 0.4) is 0 Å². The molecule has 0 atom stereocenters. The third-order valence-corrected chi connectivity index (χ3v) is 5.56. The highest BCUT2D eigenvalue weighted by molar-refractivity contribution is 5.33. The molecule has 2 rings (SSSR count). The summed E-state index contributed by atoms with van der Waals surface area (Å²) in [6.45, 7) is 4.00. The van der Waals surface area contributed by atoms with E-state index in [0.29, 0.717) is 5.92 Å². The standard InChI is InChI=1S/C24H35NO/c1-2-3-4-5-7-18-26-19-8-6-9-21-10-14-23(15-11-21)24-16-12-22(20-25)13-17-24/h4-5,12-13,16-17,21,23H,2-3,6-11,14-15,18-19H2,1H3/b5-4+. The number of hydrogen-bond acceptors (Lipinski definition) is 2. The van der Waals surface area contributed by atoms with E-state index in [-0.39, 0.29) is 0 Å². The molecule has 2 heteroatoms. The molecule has 1 aliphatic carbocycles. The monoisotopic (exact) mass is 353 g/mol. The molecule has 1 fully saturated rings. The predicted octanol–water partition coefficient (Wildman–Crippen LogP) is 6.77. The average Bonchev–Trinajstić information content (AvgIpc) is 2.70. The fraction of sp³-hybridized carbons (Fsp3) is 0.625. The van der Waals surface area contributed by atoms with Crippen LogP contribution in [-0.4, -0.2) is 13.2 Å². The van der Waals surface area contributed by atoms with Gasteiger partial charge in [-0.25, -0.2) is 0 Å². The molecule has 0 aliphatic heterocycles. The number of nitriles is 1. The summed E-state index contributed by atoms with van der Waals surface area (Å²) in [6.07, 6.45) is 17.2. The van der Waals surface area contributed by atoms with Crippen molar-refractivity contribution < 1.29 is 4.74 Å². The van der Waals surface area contributed by atoms with E-state index in [0.717, 1.165) is 31.1 Å². The van der Waals surface area contributed by atoms with E-state index in [2.05, 4.69) is 37.3 Å². The topological polar surface area (TPSA) is 33.0 Å². The van der Waals surface area contributed by atoms with Gasteiger partial charge in [0.1, 0.15) is 0 Å². The lowest BCUT2D eigenvalue weighted by Crippen LogP contribution is -2.13. The van der Waals surface area contributed by atoms with Crippen molar-refractivity contribution in [2.75, 3.05) is 13.2 Å². The van der Waals surface area contributed by atoms with Gasteiger partial charge in [-0.1, -0.05) is 50.5 Å². The van der Waals surface area contributed by atoms with Crippen molar-refractivity contribution >= 4 is 0 Å². The van der Waals surface area contributed by atoms with E-state index < -0.39 is 0 Å². The summed E-state index contributed by atoms with van der Waals surface area (Å²) in [5.74, 6) is 1.60. The fourth-order valence-corrected chi connectivity index (χ4v) is 3.91. The lowest BCUT2D eigenvalue weighted by atomic mass is 9.77. The minimum atomic E-state index is 0.697. The van der Waals surface area contributed by atoms with Crippen LogP contribution in [-0.2, 0) is 4.74 Å². The molecule has 26 heavy (non-hydrogen) atoms. The lowest BCUT2D eigenvalue weighted by molar-refractivity contribution is 0.132. The Labute approximate surface area is 160 Å². The number of rotatable bonds is 11. The first kappa shape index (κ1) is 20.7. The summed E-state index contributed by atoms with van der Waals surface area (Å²) in [7, 11) is 0. The first-order valence-electron chi connectivity index (χ1n) is 10.6. The molecule has 0 spiro atoms. The third kappa shape index (κ3) is 7.75. The van der Waals surface area contributed by atoms with E-state index >= 15 is 0 Å². The molecule has 2 nitrogen and oxygen atoms in total. The summed E-state index contributed by atoms with van der Waals surface area (Å²) >= 11 is 0. The van der Waals surface area contributed by atoms with E-state index in [1.807, 2.05) is 12.1 Å². The lowest BCUT2D eigenvalue weighted by Gasteiger charge is -2.29. The molecule has 0 heterocycles. The molecule has 0 aromatic heterocycles. The van der Waals surface area contributed by atoms with Gasteiger partial charge in [-0.2, -0.15) is 5.26 Å². The minimum Gasteiger partial charge on any atom is -0.381 e. The van der Waals surface area contributed by atoms with Crippen LogP contribution in [0.2, 0.25) is 0 Å². The van der Waals surface area contributed by atoms with Gasteiger partial charge in [-0.3, -0.25) is 0 Å². The van der Waals surface area contributed by atoms with Crippen molar-refractivity contribution in [2.45, 2.75) is 77.0 Å². The van der Waals surface area contributed by atoms with Crippen molar-refractivity contribution in [3.05, 3.63) is 47.5 Å². The van der Waals surface area contributed by atoms with E-state index in [4.69, 9.17) is 10.00 Å². The zero-order chi connectivity index (χ0) is 18.5. The Morgan fingerprint density at radius 3 is 2.42 bits per heavy atom. The first-order chi connectivity index (χ1) is 12.8. The Hall–Kier alpha value is -1.59. The second-order valence-corrected chi connectivity index (χ2v) is 7.61. The molecule has 0 N–H and O–H groups in total. The highest BCUT2D eigenvalue weighted by atomic mass is 16.5. The largest absolute Gasteiger partial charge is 0.381 e. The molecular weight excluding hydrogens is 318 g/mol. The van der Waals surface area contributed by atoms with Crippen LogP contribution in [0, 0.1) is 17.2 Å². The number of allylic oxidation sites excluding steroid dienone is 1. The molecule has 0 saturated heterocycles. The maximum absolute atomic E-state index is 8.91. The SMILES string of the molecule is CCC/C=C/CCOCCCCC1CCC(c2ccc(C#N)cc2)CC1. The van der Waals surface area contributed by atoms with Crippen molar-refractivity contribution in [1.82, 2.24) is 0 Å². The summed E-state index contributed by atoms with van der Waals surface area (Å²) < 4.78 is 5.72. The van der Waals surface area contributed by atoms with Crippen LogP contribution in [0.4, 0.5) is 0 Å². The van der Waals surface area contributed by atoms with Crippen molar-refractivity contribution in [2.24, 2.45) is 5.92 Å². The predicted molar refractivity (Wildman–Crippen MR) is 109 cm³/mol. The molecule has 1 aromatic carbocycles. The van der Waals surface area contributed by atoms with Gasteiger partial charge >= 0.3 is 0 Å². The fourth-order valence-electron chi connectivity index (χ4n) is 3.91. The maximum atomic E-state index is 8.91. The normalized spacial score (nSPS) is 20.3. The van der Waals surface area contributed by atoms with Gasteiger partial charge in [0.25, 0.3) is 0 Å². The number of benzene rings is 1. The van der Waals surface area contributed by atoms with Gasteiger partial charge in [-0.05, 0) is 74.5 Å². The Morgan fingerprint density at radius 1 is 1.00 bits per heavy atom. The smallest absolute Gasteiger partial charge is 0.0991 e. The summed E-state index contributed by atoms with van der Waals surface area (Å²) in [6, 6.07) is 10.4. The van der Waals surface area contributed by atoms with Crippen LogP contribution >= 0.6 is 0 Å². The molecule has 0 radical (unpaired) electrons. The third-order valence-electron chi connectivity index (χ3n) is 5.56. The maximum Gasteiger partial charge on any atom is 0.0991 e. The van der Waals surface area contributed by atoms with Crippen LogP contribution in [0.5, 0.6) is 0 Å². The Kier molecular flexibility index (Phi) is 10.1. The molecule has 1 aromatic rings. The van der Waals surface area contributed by atoms with Gasteiger partial charge in [0.2, 0.25) is 0 Å². The van der Waals surface area contributed by atoms with Crippen LogP contribution < -0.4 is 0 Å². The van der Waals surface area contributed by atoms with Crippen molar-refractivity contribution in [1.29, 1.82) is 5.26 Å². The van der Waals surface area contributed by atoms with Crippen LogP contribution in [0.25, 0.3) is 0 Å². The van der Waals surface area contributed by atoms with E-state index in [9.17, 15) is 0 Å². The Morgan fingerprint density at radius 2 is 1.73 bits per heavy atom. The van der Waals surface area contributed by atoms with Crippen LogP contribution in [0.15, 0.2) is 36.4 Å². The number of nitrogens with zero attached hydrogens (tertiary/aromatic N) is 1. The van der Waals surface area contributed by atoms with Gasteiger partial charge in [-0.15, -0.1) is 0 Å². The molecule has 0 amide bonds. The van der Waals surface area contributed by atoms with Crippen LogP contribution in [0.1, 0.15) is 88.2 Å². The molecular formula is C24H35NO. The van der Waals surface area contributed by atoms with Crippen molar-refractivity contribution in [3.63, 3.8) is 0 Å². The summed E-state index contributed by atoms with van der Waals surface area (Å²) in [5.41, 5.74) is 2.19. The Balaban J connectivity index is 1.50. The highest BCUT2D eigenvalue weighted by Gasteiger charge is 2.21. The number of hydrogen-bond donors (Lipinski definition) is 0. The van der Waals surface area contributed by atoms with Gasteiger partial charge in [0.05, 0.1) is 18.2 Å². The van der Waals surface area contributed by atoms with E-state index in [1.54, 1.807) is 0 Å². The van der Waals surface area contributed by atoms with Gasteiger partial charge < -0.3 is 4.74 Å². The molecule has 1 aliphatic rings. The highest BCUT2D eigenvalue weighted by Crippen LogP contribution is 2.37. The molecule has 0 bridgehead atoms. The van der Waals surface area contributed by atoms with Gasteiger partial charge in [0.15, 0.2) is 0 Å². The molecule has 142 valence electrons. The quantitative estimate of drug-likeness (QED) is 0.325. The average molecular weight is 354 g/mol.